The second-order valence-corrected chi connectivity index (χ2v) is 4.73. The van der Waals surface area contributed by atoms with Crippen molar-refractivity contribution >= 4 is 5.82 Å². The zero-order chi connectivity index (χ0) is 12.1. The molecule has 0 bridgehead atoms. The largest absolute Gasteiger partial charge is 0.352 e. The van der Waals surface area contributed by atoms with Gasteiger partial charge in [-0.25, -0.2) is 0 Å². The third-order valence-corrected chi connectivity index (χ3v) is 2.39. The monoisotopic (exact) mass is 222 g/mol. The molecule has 0 aliphatic heterocycles. The first-order chi connectivity index (χ1) is 7.54. The van der Waals surface area contributed by atoms with E-state index < -0.39 is 0 Å². The molecule has 1 aromatic heterocycles. The summed E-state index contributed by atoms with van der Waals surface area (Å²) in [7, 11) is 0. The van der Waals surface area contributed by atoms with Crippen LogP contribution in [0.15, 0.2) is 12.1 Å². The molecule has 0 fully saturated rings. The van der Waals surface area contributed by atoms with Crippen molar-refractivity contribution in [1.82, 2.24) is 10.2 Å². The van der Waals surface area contributed by atoms with Crippen LogP contribution < -0.4 is 10.6 Å². The van der Waals surface area contributed by atoms with E-state index in [0.717, 1.165) is 18.1 Å². The van der Waals surface area contributed by atoms with Gasteiger partial charge in [-0.2, -0.15) is 5.10 Å². The number of anilines is 1. The molecule has 90 valence electrons. The number of nitrogens with two attached hydrogens (primary N) is 1. The smallest absolute Gasteiger partial charge is 0.151 e. The summed E-state index contributed by atoms with van der Waals surface area (Å²) in [6, 6.07) is 4.37. The average Bonchev–Trinajstić information content (AvgIpc) is 2.25. The SMILES string of the molecule is CC(C)CN(c1ccc(CN)nn1)C(C)C. The van der Waals surface area contributed by atoms with E-state index in [9.17, 15) is 0 Å². The lowest BCUT2D eigenvalue weighted by Crippen LogP contribution is -2.35. The predicted octanol–water partition coefficient (Wildman–Crippen LogP) is 1.81. The normalized spacial score (nSPS) is 11.2. The molecule has 0 saturated heterocycles. The van der Waals surface area contributed by atoms with Crippen LogP contribution in [0.25, 0.3) is 0 Å². The highest BCUT2D eigenvalue weighted by atomic mass is 15.3. The molecule has 4 nitrogen and oxygen atoms in total. The van der Waals surface area contributed by atoms with Crippen molar-refractivity contribution in [3.05, 3.63) is 17.8 Å². The topological polar surface area (TPSA) is 55.0 Å². The molecule has 1 heterocycles. The molecule has 0 amide bonds. The van der Waals surface area contributed by atoms with Crippen LogP contribution in [0.4, 0.5) is 5.82 Å². The first-order valence-electron chi connectivity index (χ1n) is 5.84. The second-order valence-electron chi connectivity index (χ2n) is 4.73. The van der Waals surface area contributed by atoms with E-state index in [1.807, 2.05) is 12.1 Å². The third-order valence-electron chi connectivity index (χ3n) is 2.39. The van der Waals surface area contributed by atoms with E-state index in [2.05, 4.69) is 42.8 Å². The molecule has 0 spiro atoms. The van der Waals surface area contributed by atoms with Crippen LogP contribution in [0.1, 0.15) is 33.4 Å². The molecule has 0 radical (unpaired) electrons. The summed E-state index contributed by atoms with van der Waals surface area (Å²) in [5.41, 5.74) is 6.33. The van der Waals surface area contributed by atoms with Crippen molar-refractivity contribution in [2.75, 3.05) is 11.4 Å². The van der Waals surface area contributed by atoms with Gasteiger partial charge in [-0.15, -0.1) is 5.10 Å². The fraction of sp³-hybridized carbons (Fsp3) is 0.667. The van der Waals surface area contributed by atoms with Gasteiger partial charge < -0.3 is 10.6 Å². The number of nitrogens with zero attached hydrogens (tertiary/aromatic N) is 3. The van der Waals surface area contributed by atoms with Crippen molar-refractivity contribution in [1.29, 1.82) is 0 Å². The Labute approximate surface area is 97.9 Å². The summed E-state index contributed by atoms with van der Waals surface area (Å²) in [6.07, 6.45) is 0. The molecule has 2 N–H and O–H groups in total. The van der Waals surface area contributed by atoms with Gasteiger partial charge in [-0.3, -0.25) is 0 Å². The summed E-state index contributed by atoms with van der Waals surface area (Å²) >= 11 is 0. The molecule has 0 aromatic carbocycles. The standard InChI is InChI=1S/C12H22N4/c1-9(2)8-16(10(3)4)12-6-5-11(7-13)14-15-12/h5-6,9-10H,7-8,13H2,1-4H3. The molecule has 1 rings (SSSR count). The van der Waals surface area contributed by atoms with E-state index in [4.69, 9.17) is 5.73 Å². The fourth-order valence-corrected chi connectivity index (χ4v) is 1.58. The van der Waals surface area contributed by atoms with Gasteiger partial charge >= 0.3 is 0 Å². The zero-order valence-corrected chi connectivity index (χ0v) is 10.6. The van der Waals surface area contributed by atoms with Crippen LogP contribution in [0.2, 0.25) is 0 Å². The van der Waals surface area contributed by atoms with E-state index in [0.29, 0.717) is 18.5 Å². The molecular formula is C12H22N4. The Bertz CT molecular complexity index is 305. The van der Waals surface area contributed by atoms with Gasteiger partial charge in [0.1, 0.15) is 0 Å². The minimum absolute atomic E-state index is 0.431. The van der Waals surface area contributed by atoms with Gasteiger partial charge in [0.15, 0.2) is 5.82 Å². The second kappa shape index (κ2) is 5.80. The van der Waals surface area contributed by atoms with Gasteiger partial charge in [-0.05, 0) is 31.9 Å². The molecule has 0 aliphatic carbocycles. The zero-order valence-electron chi connectivity index (χ0n) is 10.6. The Balaban J connectivity index is 2.84. The maximum Gasteiger partial charge on any atom is 0.151 e. The first-order valence-corrected chi connectivity index (χ1v) is 5.84. The van der Waals surface area contributed by atoms with Gasteiger partial charge in [0, 0.05) is 19.1 Å². The van der Waals surface area contributed by atoms with Gasteiger partial charge in [0.05, 0.1) is 5.69 Å². The van der Waals surface area contributed by atoms with Crippen molar-refractivity contribution in [2.45, 2.75) is 40.3 Å². The number of hydrogen-bond acceptors (Lipinski definition) is 4. The van der Waals surface area contributed by atoms with Gasteiger partial charge in [0.2, 0.25) is 0 Å². The minimum Gasteiger partial charge on any atom is -0.352 e. The lowest BCUT2D eigenvalue weighted by molar-refractivity contribution is 0.563. The van der Waals surface area contributed by atoms with E-state index >= 15 is 0 Å². The Morgan fingerprint density at radius 2 is 1.88 bits per heavy atom. The molecule has 16 heavy (non-hydrogen) atoms. The summed E-state index contributed by atoms with van der Waals surface area (Å²) in [4.78, 5) is 2.26. The first kappa shape index (κ1) is 12.9. The molecular weight excluding hydrogens is 200 g/mol. The maximum absolute atomic E-state index is 5.50. The average molecular weight is 222 g/mol. The van der Waals surface area contributed by atoms with E-state index in [-0.39, 0.29) is 0 Å². The molecule has 0 saturated carbocycles. The van der Waals surface area contributed by atoms with Crippen LogP contribution in [0.5, 0.6) is 0 Å². The van der Waals surface area contributed by atoms with Crippen LogP contribution in [-0.2, 0) is 6.54 Å². The van der Waals surface area contributed by atoms with E-state index in [1.54, 1.807) is 0 Å². The Morgan fingerprint density at radius 3 is 2.25 bits per heavy atom. The van der Waals surface area contributed by atoms with Crippen molar-refractivity contribution in [3.8, 4) is 0 Å². The highest BCUT2D eigenvalue weighted by Gasteiger charge is 2.13. The minimum atomic E-state index is 0.431. The Kier molecular flexibility index (Phi) is 4.68. The van der Waals surface area contributed by atoms with Crippen LogP contribution in [-0.4, -0.2) is 22.8 Å². The van der Waals surface area contributed by atoms with Gasteiger partial charge in [0.25, 0.3) is 0 Å². The fourth-order valence-electron chi connectivity index (χ4n) is 1.58. The lowest BCUT2D eigenvalue weighted by Gasteiger charge is -2.29. The van der Waals surface area contributed by atoms with E-state index in [1.165, 1.54) is 0 Å². The van der Waals surface area contributed by atoms with Crippen LogP contribution in [0, 0.1) is 5.92 Å². The van der Waals surface area contributed by atoms with Crippen molar-refractivity contribution in [3.63, 3.8) is 0 Å². The maximum atomic E-state index is 5.50. The summed E-state index contributed by atoms with van der Waals surface area (Å²) < 4.78 is 0. The lowest BCUT2D eigenvalue weighted by atomic mass is 10.2. The van der Waals surface area contributed by atoms with Crippen molar-refractivity contribution < 1.29 is 0 Å². The summed E-state index contributed by atoms with van der Waals surface area (Å²) in [5, 5.41) is 8.31. The summed E-state index contributed by atoms with van der Waals surface area (Å²) in [6.45, 7) is 10.2. The van der Waals surface area contributed by atoms with Crippen molar-refractivity contribution in [2.24, 2.45) is 11.7 Å². The third kappa shape index (κ3) is 3.45. The van der Waals surface area contributed by atoms with Crippen LogP contribution in [0.3, 0.4) is 0 Å². The molecule has 0 unspecified atom stereocenters. The molecule has 4 heteroatoms. The summed E-state index contributed by atoms with van der Waals surface area (Å²) in [5.74, 6) is 1.54. The number of rotatable bonds is 5. The quantitative estimate of drug-likeness (QED) is 0.825. The molecule has 0 atom stereocenters. The van der Waals surface area contributed by atoms with Gasteiger partial charge in [-0.1, -0.05) is 13.8 Å². The number of aromatic nitrogens is 2. The highest BCUT2D eigenvalue weighted by Crippen LogP contribution is 2.15. The van der Waals surface area contributed by atoms with Crippen LogP contribution >= 0.6 is 0 Å². The predicted molar refractivity (Wildman–Crippen MR) is 67.2 cm³/mol. The number of hydrogen-bond donors (Lipinski definition) is 1. The molecule has 0 aliphatic rings. The highest BCUT2D eigenvalue weighted by molar-refractivity contribution is 5.38. The Morgan fingerprint density at radius 1 is 1.19 bits per heavy atom. The Hall–Kier alpha value is -1.16. The molecule has 1 aromatic rings.